The van der Waals surface area contributed by atoms with Crippen LogP contribution in [0, 0.1) is 0 Å². The molecule has 5 nitrogen and oxygen atoms in total. The fourth-order valence-corrected chi connectivity index (χ4v) is 1.70. The molecule has 0 saturated heterocycles. The summed E-state index contributed by atoms with van der Waals surface area (Å²) in [4.78, 5) is 11.2. The maximum absolute atomic E-state index is 9.45. The average Bonchev–Trinajstić information content (AvgIpc) is 2.72. The van der Waals surface area contributed by atoms with Gasteiger partial charge in [-0.15, -0.1) is 0 Å². The van der Waals surface area contributed by atoms with E-state index < -0.39 is 0 Å². The van der Waals surface area contributed by atoms with Gasteiger partial charge in [0.05, 0.1) is 11.7 Å². The summed E-state index contributed by atoms with van der Waals surface area (Å²) in [6, 6.07) is 1.93. The van der Waals surface area contributed by atoms with Crippen LogP contribution in [0.15, 0.2) is 18.5 Å². The van der Waals surface area contributed by atoms with Gasteiger partial charge in [-0.05, 0) is 6.07 Å². The molecular weight excluding hydrogens is 180 g/mol. The van der Waals surface area contributed by atoms with Gasteiger partial charge in [-0.2, -0.15) is 4.98 Å². The predicted octanol–water partition coefficient (Wildman–Crippen LogP) is 1.16. The van der Waals surface area contributed by atoms with Crippen LogP contribution in [0.3, 0.4) is 0 Å². The molecule has 3 aromatic heterocycles. The lowest BCUT2D eigenvalue weighted by Gasteiger charge is -1.96. The summed E-state index contributed by atoms with van der Waals surface area (Å²) < 4.78 is 1.65. The maximum Gasteiger partial charge on any atom is 0.294 e. The number of hydrogen-bond acceptors (Lipinski definition) is 3. The van der Waals surface area contributed by atoms with E-state index >= 15 is 0 Å². The fourth-order valence-electron chi connectivity index (χ4n) is 1.70. The highest BCUT2D eigenvalue weighted by Crippen LogP contribution is 2.24. The van der Waals surface area contributed by atoms with Crippen molar-refractivity contribution in [1.29, 1.82) is 0 Å². The zero-order chi connectivity index (χ0) is 9.71. The molecule has 5 heteroatoms. The van der Waals surface area contributed by atoms with Gasteiger partial charge < -0.3 is 10.1 Å². The smallest absolute Gasteiger partial charge is 0.294 e. The first-order valence-electron chi connectivity index (χ1n) is 4.25. The monoisotopic (exact) mass is 188 g/mol. The van der Waals surface area contributed by atoms with Crippen molar-refractivity contribution in [2.24, 2.45) is 7.05 Å². The van der Waals surface area contributed by atoms with E-state index in [9.17, 15) is 5.11 Å². The molecular formula is C9H8N4O. The molecule has 3 rings (SSSR count). The van der Waals surface area contributed by atoms with Crippen LogP contribution in [0.5, 0.6) is 6.01 Å². The number of pyridine rings is 1. The number of aryl methyl sites for hydroxylation is 1. The Labute approximate surface area is 79.0 Å². The molecule has 0 aliphatic heterocycles. The summed E-state index contributed by atoms with van der Waals surface area (Å²) in [6.07, 6.45) is 3.47. The highest BCUT2D eigenvalue weighted by atomic mass is 16.3. The Balaban J connectivity index is 2.66. The molecule has 3 heterocycles. The third-order valence-corrected chi connectivity index (χ3v) is 2.39. The molecule has 0 unspecified atom stereocenters. The van der Waals surface area contributed by atoms with E-state index in [4.69, 9.17) is 0 Å². The lowest BCUT2D eigenvalue weighted by atomic mass is 10.3. The number of H-pyrrole nitrogens is 1. The minimum absolute atomic E-state index is 0.00972. The Bertz CT molecular complexity index is 622. The molecule has 0 saturated carbocycles. The van der Waals surface area contributed by atoms with E-state index in [1.807, 2.05) is 12.3 Å². The van der Waals surface area contributed by atoms with Gasteiger partial charge in [0.1, 0.15) is 11.2 Å². The van der Waals surface area contributed by atoms with Gasteiger partial charge in [0, 0.05) is 18.6 Å². The minimum atomic E-state index is 0.00972. The van der Waals surface area contributed by atoms with Crippen molar-refractivity contribution in [1.82, 2.24) is 19.5 Å². The lowest BCUT2D eigenvalue weighted by molar-refractivity contribution is 0.415. The van der Waals surface area contributed by atoms with Gasteiger partial charge in [-0.25, -0.2) is 4.98 Å². The van der Waals surface area contributed by atoms with E-state index in [-0.39, 0.29) is 6.01 Å². The topological polar surface area (TPSA) is 66.7 Å². The van der Waals surface area contributed by atoms with Crippen LogP contribution in [-0.2, 0) is 7.05 Å². The van der Waals surface area contributed by atoms with Crippen molar-refractivity contribution in [3.63, 3.8) is 0 Å². The number of rotatable bonds is 0. The van der Waals surface area contributed by atoms with Crippen LogP contribution in [0.1, 0.15) is 0 Å². The number of aromatic nitrogens is 4. The minimum Gasteiger partial charge on any atom is -0.480 e. The molecule has 2 N–H and O–H groups in total. The van der Waals surface area contributed by atoms with E-state index in [0.29, 0.717) is 5.52 Å². The zero-order valence-corrected chi connectivity index (χ0v) is 7.52. The second-order valence-corrected chi connectivity index (χ2v) is 3.20. The Morgan fingerprint density at radius 1 is 1.50 bits per heavy atom. The number of aromatic amines is 1. The summed E-state index contributed by atoms with van der Waals surface area (Å²) in [5.41, 5.74) is 2.41. The zero-order valence-electron chi connectivity index (χ0n) is 7.52. The van der Waals surface area contributed by atoms with Gasteiger partial charge in [-0.3, -0.25) is 4.57 Å². The summed E-state index contributed by atoms with van der Waals surface area (Å²) in [5, 5.41) is 10.4. The Hall–Kier alpha value is -2.04. The molecule has 0 aliphatic rings. The quantitative estimate of drug-likeness (QED) is 0.556. The molecule has 0 radical (unpaired) electrons. The van der Waals surface area contributed by atoms with Crippen LogP contribution < -0.4 is 0 Å². The first-order chi connectivity index (χ1) is 6.77. The van der Waals surface area contributed by atoms with E-state index in [1.54, 1.807) is 17.8 Å². The van der Waals surface area contributed by atoms with Crippen molar-refractivity contribution in [2.45, 2.75) is 0 Å². The summed E-state index contributed by atoms with van der Waals surface area (Å²) in [6.45, 7) is 0. The number of nitrogens with one attached hydrogen (secondary N) is 1. The van der Waals surface area contributed by atoms with Crippen molar-refractivity contribution < 1.29 is 5.11 Å². The van der Waals surface area contributed by atoms with Gasteiger partial charge in [0.25, 0.3) is 6.01 Å². The number of hydrogen-bond donors (Lipinski definition) is 2. The molecule has 0 atom stereocenters. The van der Waals surface area contributed by atoms with Crippen LogP contribution in [0.25, 0.3) is 22.1 Å². The van der Waals surface area contributed by atoms with Gasteiger partial charge in [0.2, 0.25) is 0 Å². The molecule has 0 aliphatic carbocycles. The highest BCUT2D eigenvalue weighted by Gasteiger charge is 2.10. The van der Waals surface area contributed by atoms with Gasteiger partial charge >= 0.3 is 0 Å². The molecule has 0 spiro atoms. The van der Waals surface area contributed by atoms with Crippen molar-refractivity contribution >= 4 is 22.1 Å². The first kappa shape index (κ1) is 7.37. The number of imidazole rings is 1. The van der Waals surface area contributed by atoms with E-state index in [0.717, 1.165) is 16.6 Å². The van der Waals surface area contributed by atoms with Crippen LogP contribution in [0.2, 0.25) is 0 Å². The fraction of sp³-hybridized carbons (Fsp3) is 0.111. The SMILES string of the molecule is Cn1c(O)nc2cnc3[nH]ccc3c21. The Kier molecular flexibility index (Phi) is 1.19. The highest BCUT2D eigenvalue weighted by molar-refractivity contribution is 6.01. The maximum atomic E-state index is 9.45. The molecule has 70 valence electrons. The van der Waals surface area contributed by atoms with E-state index in [1.165, 1.54) is 0 Å². The molecule has 0 amide bonds. The summed E-state index contributed by atoms with van der Waals surface area (Å²) >= 11 is 0. The molecule has 14 heavy (non-hydrogen) atoms. The number of aromatic hydroxyl groups is 1. The second-order valence-electron chi connectivity index (χ2n) is 3.20. The van der Waals surface area contributed by atoms with Crippen LogP contribution >= 0.6 is 0 Å². The molecule has 0 aromatic carbocycles. The number of fused-ring (bicyclic) bond motifs is 3. The van der Waals surface area contributed by atoms with Crippen molar-refractivity contribution in [3.8, 4) is 6.01 Å². The second kappa shape index (κ2) is 2.25. The Morgan fingerprint density at radius 3 is 3.21 bits per heavy atom. The van der Waals surface area contributed by atoms with Crippen molar-refractivity contribution in [3.05, 3.63) is 18.5 Å². The van der Waals surface area contributed by atoms with Gasteiger partial charge in [0.15, 0.2) is 0 Å². The van der Waals surface area contributed by atoms with Gasteiger partial charge in [-0.1, -0.05) is 0 Å². The lowest BCUT2D eigenvalue weighted by Crippen LogP contribution is -1.87. The normalized spacial score (nSPS) is 11.5. The third-order valence-electron chi connectivity index (χ3n) is 2.39. The van der Waals surface area contributed by atoms with Crippen LogP contribution in [0.4, 0.5) is 0 Å². The summed E-state index contributed by atoms with van der Waals surface area (Å²) in [7, 11) is 1.77. The van der Waals surface area contributed by atoms with E-state index in [2.05, 4.69) is 15.0 Å². The molecule has 0 bridgehead atoms. The largest absolute Gasteiger partial charge is 0.480 e. The van der Waals surface area contributed by atoms with Crippen molar-refractivity contribution in [2.75, 3.05) is 0 Å². The van der Waals surface area contributed by atoms with Crippen LogP contribution in [-0.4, -0.2) is 24.6 Å². The number of nitrogens with zero attached hydrogens (tertiary/aromatic N) is 3. The molecule has 3 aromatic rings. The summed E-state index contributed by atoms with van der Waals surface area (Å²) in [5.74, 6) is 0. The third kappa shape index (κ3) is 0.736. The Morgan fingerprint density at radius 2 is 2.36 bits per heavy atom. The average molecular weight is 188 g/mol. The molecule has 0 fully saturated rings. The predicted molar refractivity (Wildman–Crippen MR) is 52.0 cm³/mol. The standard InChI is InChI=1S/C9H8N4O/c1-13-7-5-2-3-10-8(5)11-4-6(7)12-9(13)14/h2-4H,1H3,(H,10,11)(H,12,14). The first-order valence-corrected chi connectivity index (χ1v) is 4.25.